The molecule has 3 nitrogen and oxygen atoms in total. The van der Waals surface area contributed by atoms with Gasteiger partial charge in [-0.3, -0.25) is 0 Å². The van der Waals surface area contributed by atoms with E-state index in [2.05, 4.69) is 11.4 Å². The van der Waals surface area contributed by atoms with Gasteiger partial charge in [0, 0.05) is 18.2 Å². The van der Waals surface area contributed by atoms with Crippen LogP contribution in [0.5, 0.6) is 0 Å². The van der Waals surface area contributed by atoms with Crippen LogP contribution in [0.4, 0.5) is 0 Å². The predicted octanol–water partition coefficient (Wildman–Crippen LogP) is 2.60. The van der Waals surface area contributed by atoms with Crippen molar-refractivity contribution in [3.63, 3.8) is 0 Å². The molecule has 2 aliphatic rings. The van der Waals surface area contributed by atoms with E-state index < -0.39 is 0 Å². The Morgan fingerprint density at radius 1 is 1.31 bits per heavy atom. The molecule has 3 rings (SSSR count). The standard InChI is InChI=1S/C13H19NO2/c1-2-12(3-1)16-9-13-6-10(8-15-13)7-14-11-4-5-11/h6,8,11-12,14H,1-5,7,9H2. The van der Waals surface area contributed by atoms with Gasteiger partial charge in [0.2, 0.25) is 0 Å². The van der Waals surface area contributed by atoms with Gasteiger partial charge in [-0.2, -0.15) is 0 Å². The lowest BCUT2D eigenvalue weighted by molar-refractivity contribution is -0.0157. The Morgan fingerprint density at radius 2 is 2.19 bits per heavy atom. The first-order valence-electron chi connectivity index (χ1n) is 6.31. The monoisotopic (exact) mass is 221 g/mol. The molecule has 3 heteroatoms. The SMILES string of the molecule is c1oc(COC2CCC2)cc1CNC1CC1. The minimum atomic E-state index is 0.484. The molecule has 0 unspecified atom stereocenters. The fraction of sp³-hybridized carbons (Fsp3) is 0.692. The fourth-order valence-corrected chi connectivity index (χ4v) is 1.88. The van der Waals surface area contributed by atoms with Crippen molar-refractivity contribution >= 4 is 0 Å². The van der Waals surface area contributed by atoms with Gasteiger partial charge < -0.3 is 14.5 Å². The molecular weight excluding hydrogens is 202 g/mol. The second kappa shape index (κ2) is 4.60. The van der Waals surface area contributed by atoms with Gasteiger partial charge in [0.15, 0.2) is 0 Å². The predicted molar refractivity (Wildman–Crippen MR) is 61.0 cm³/mol. The summed E-state index contributed by atoms with van der Waals surface area (Å²) in [5.74, 6) is 0.958. The van der Waals surface area contributed by atoms with E-state index in [1.165, 1.54) is 37.7 Å². The normalized spacial score (nSPS) is 21.0. The van der Waals surface area contributed by atoms with Crippen molar-refractivity contribution in [2.24, 2.45) is 0 Å². The maximum absolute atomic E-state index is 5.70. The molecule has 1 heterocycles. The van der Waals surface area contributed by atoms with Crippen LogP contribution < -0.4 is 5.32 Å². The average Bonchev–Trinajstić information content (AvgIpc) is 2.94. The first-order chi connectivity index (χ1) is 7.90. The first-order valence-corrected chi connectivity index (χ1v) is 6.31. The van der Waals surface area contributed by atoms with E-state index in [1.54, 1.807) is 0 Å². The molecule has 0 saturated heterocycles. The third-order valence-electron chi connectivity index (χ3n) is 3.39. The molecule has 2 aliphatic carbocycles. The Balaban J connectivity index is 1.43. The van der Waals surface area contributed by atoms with Crippen LogP contribution in [0.25, 0.3) is 0 Å². The van der Waals surface area contributed by atoms with Crippen LogP contribution in [0, 0.1) is 0 Å². The van der Waals surface area contributed by atoms with Crippen LogP contribution in [0.1, 0.15) is 43.4 Å². The lowest BCUT2D eigenvalue weighted by Gasteiger charge is -2.24. The molecule has 88 valence electrons. The molecule has 16 heavy (non-hydrogen) atoms. The Hall–Kier alpha value is -0.800. The van der Waals surface area contributed by atoms with Crippen LogP contribution in [0.2, 0.25) is 0 Å². The Labute approximate surface area is 96.2 Å². The smallest absolute Gasteiger partial charge is 0.129 e. The molecule has 0 spiro atoms. The zero-order valence-electron chi connectivity index (χ0n) is 9.58. The third-order valence-corrected chi connectivity index (χ3v) is 3.39. The summed E-state index contributed by atoms with van der Waals surface area (Å²) in [7, 11) is 0. The van der Waals surface area contributed by atoms with Gasteiger partial charge in [0.25, 0.3) is 0 Å². The van der Waals surface area contributed by atoms with E-state index >= 15 is 0 Å². The Morgan fingerprint density at radius 3 is 2.88 bits per heavy atom. The summed E-state index contributed by atoms with van der Waals surface area (Å²) < 4.78 is 11.2. The highest BCUT2D eigenvalue weighted by atomic mass is 16.5. The van der Waals surface area contributed by atoms with Crippen LogP contribution >= 0.6 is 0 Å². The second-order valence-electron chi connectivity index (χ2n) is 4.94. The Bertz CT molecular complexity index is 339. The highest BCUT2D eigenvalue weighted by Crippen LogP contribution is 2.23. The number of hydrogen-bond acceptors (Lipinski definition) is 3. The van der Waals surface area contributed by atoms with E-state index in [1.807, 2.05) is 6.26 Å². The summed E-state index contributed by atoms with van der Waals surface area (Å²) in [4.78, 5) is 0. The number of ether oxygens (including phenoxy) is 1. The lowest BCUT2D eigenvalue weighted by Crippen LogP contribution is -2.21. The molecule has 0 radical (unpaired) electrons. The van der Waals surface area contributed by atoms with Gasteiger partial charge in [0.05, 0.1) is 12.4 Å². The molecule has 0 aromatic carbocycles. The van der Waals surface area contributed by atoms with E-state index in [9.17, 15) is 0 Å². The van der Waals surface area contributed by atoms with E-state index in [0.717, 1.165) is 18.3 Å². The third kappa shape index (κ3) is 2.66. The molecule has 0 atom stereocenters. The lowest BCUT2D eigenvalue weighted by atomic mass is 9.96. The number of nitrogens with one attached hydrogen (secondary N) is 1. The molecule has 2 fully saturated rings. The molecule has 1 aromatic rings. The Kier molecular flexibility index (Phi) is 2.98. The number of hydrogen-bond donors (Lipinski definition) is 1. The summed E-state index contributed by atoms with van der Waals surface area (Å²) in [5, 5.41) is 3.47. The van der Waals surface area contributed by atoms with Gasteiger partial charge in [0.1, 0.15) is 12.4 Å². The van der Waals surface area contributed by atoms with Crippen molar-refractivity contribution in [2.75, 3.05) is 0 Å². The highest BCUT2D eigenvalue weighted by molar-refractivity contribution is 5.12. The minimum absolute atomic E-state index is 0.484. The van der Waals surface area contributed by atoms with Gasteiger partial charge in [-0.1, -0.05) is 0 Å². The van der Waals surface area contributed by atoms with Crippen LogP contribution in [-0.2, 0) is 17.9 Å². The number of furan rings is 1. The summed E-state index contributed by atoms with van der Waals surface area (Å²) in [6, 6.07) is 2.86. The van der Waals surface area contributed by atoms with Crippen LogP contribution in [0.15, 0.2) is 16.7 Å². The molecular formula is C13H19NO2. The van der Waals surface area contributed by atoms with Gasteiger partial charge >= 0.3 is 0 Å². The molecule has 1 N–H and O–H groups in total. The maximum atomic E-state index is 5.70. The maximum Gasteiger partial charge on any atom is 0.129 e. The zero-order valence-corrected chi connectivity index (χ0v) is 9.58. The van der Waals surface area contributed by atoms with Crippen molar-refractivity contribution in [3.05, 3.63) is 23.7 Å². The van der Waals surface area contributed by atoms with Crippen LogP contribution in [0.3, 0.4) is 0 Å². The molecule has 2 saturated carbocycles. The van der Waals surface area contributed by atoms with Gasteiger partial charge in [-0.15, -0.1) is 0 Å². The van der Waals surface area contributed by atoms with Crippen molar-refractivity contribution in [2.45, 2.75) is 57.4 Å². The molecule has 0 amide bonds. The van der Waals surface area contributed by atoms with Crippen LogP contribution in [-0.4, -0.2) is 12.1 Å². The van der Waals surface area contributed by atoms with Gasteiger partial charge in [-0.25, -0.2) is 0 Å². The summed E-state index contributed by atoms with van der Waals surface area (Å²) >= 11 is 0. The topological polar surface area (TPSA) is 34.4 Å². The molecule has 0 bridgehead atoms. The van der Waals surface area contributed by atoms with E-state index in [-0.39, 0.29) is 0 Å². The van der Waals surface area contributed by atoms with Crippen molar-refractivity contribution in [1.82, 2.24) is 5.32 Å². The van der Waals surface area contributed by atoms with E-state index in [4.69, 9.17) is 9.15 Å². The first kappa shape index (κ1) is 10.4. The molecule has 0 aliphatic heterocycles. The van der Waals surface area contributed by atoms with Crippen molar-refractivity contribution in [1.29, 1.82) is 0 Å². The highest BCUT2D eigenvalue weighted by Gasteiger charge is 2.20. The van der Waals surface area contributed by atoms with Crippen molar-refractivity contribution in [3.8, 4) is 0 Å². The summed E-state index contributed by atoms with van der Waals surface area (Å²) in [6.07, 6.45) is 8.74. The average molecular weight is 221 g/mol. The molecule has 1 aromatic heterocycles. The minimum Gasteiger partial charge on any atom is -0.467 e. The van der Waals surface area contributed by atoms with Crippen molar-refractivity contribution < 1.29 is 9.15 Å². The second-order valence-corrected chi connectivity index (χ2v) is 4.94. The number of rotatable bonds is 6. The van der Waals surface area contributed by atoms with Gasteiger partial charge in [-0.05, 0) is 38.2 Å². The largest absolute Gasteiger partial charge is 0.467 e. The summed E-state index contributed by atoms with van der Waals surface area (Å²) in [6.45, 7) is 1.56. The van der Waals surface area contributed by atoms with E-state index in [0.29, 0.717) is 12.7 Å². The summed E-state index contributed by atoms with van der Waals surface area (Å²) in [5.41, 5.74) is 1.24. The quantitative estimate of drug-likeness (QED) is 0.801. The fourth-order valence-electron chi connectivity index (χ4n) is 1.88. The zero-order chi connectivity index (χ0) is 10.8.